The minimum atomic E-state index is -4.28. The van der Waals surface area contributed by atoms with Crippen LogP contribution in [0.25, 0.3) is 11.1 Å². The number of phosphoric ester groups is 1. The fraction of sp³-hybridized carbons (Fsp3) is 0.440. The van der Waals surface area contributed by atoms with Gasteiger partial charge in [-0.3, -0.25) is 28.3 Å². The number of benzene rings is 1. The Labute approximate surface area is 220 Å². The van der Waals surface area contributed by atoms with E-state index < -0.39 is 13.9 Å². The maximum atomic E-state index is 13.4. The first-order chi connectivity index (χ1) is 18.1. The molecule has 12 nitrogen and oxygen atoms in total. The number of carbonyl (C=O) groups excluding carboxylic acids is 2. The summed E-state index contributed by atoms with van der Waals surface area (Å²) < 4.78 is 22.8. The minimum absolute atomic E-state index is 0.0472. The lowest BCUT2D eigenvalue weighted by molar-refractivity contribution is -0.119. The lowest BCUT2D eigenvalue weighted by Crippen LogP contribution is -2.49. The molecule has 2 aromatic heterocycles. The van der Waals surface area contributed by atoms with Crippen LogP contribution in [0.3, 0.4) is 0 Å². The number of hydrogen-bond acceptors (Lipinski definition) is 7. The molecule has 2 heterocycles. The summed E-state index contributed by atoms with van der Waals surface area (Å²) in [4.78, 5) is 36.9. The molecule has 1 aromatic carbocycles. The third-order valence-electron chi connectivity index (χ3n) is 6.85. The van der Waals surface area contributed by atoms with Crippen molar-refractivity contribution in [3.8, 4) is 11.1 Å². The molecular formula is C25H33N6O6P. The number of carbonyl (C=O) groups is 2. The van der Waals surface area contributed by atoms with Gasteiger partial charge < -0.3 is 10.6 Å². The maximum Gasteiger partial charge on any atom is 0.547 e. The number of nitrogens with zero attached hydrogens (tertiary/aromatic N) is 4. The summed E-state index contributed by atoms with van der Waals surface area (Å²) in [6.07, 6.45) is 6.47. The molecule has 1 aliphatic carbocycles. The number of aromatic nitrogens is 4. The molecule has 204 valence electrons. The molecule has 13 heteroatoms. The van der Waals surface area contributed by atoms with Crippen molar-refractivity contribution in [1.29, 1.82) is 0 Å². The molecule has 1 unspecified atom stereocenters. The Hall–Kier alpha value is -3.47. The third-order valence-corrected chi connectivity index (χ3v) is 7.67. The van der Waals surface area contributed by atoms with Gasteiger partial charge in [0, 0.05) is 31.6 Å². The van der Waals surface area contributed by atoms with E-state index in [0.29, 0.717) is 22.8 Å². The van der Waals surface area contributed by atoms with Crippen molar-refractivity contribution in [2.45, 2.75) is 52.0 Å². The molecule has 3 aromatic rings. The zero-order valence-corrected chi connectivity index (χ0v) is 22.8. The number of aryl methyl sites for hydroxylation is 2. The van der Waals surface area contributed by atoms with Gasteiger partial charge in [0.15, 0.2) is 0 Å². The van der Waals surface area contributed by atoms with Gasteiger partial charge in [-0.25, -0.2) is 4.57 Å². The van der Waals surface area contributed by atoms with Crippen LogP contribution < -0.4 is 15.3 Å². The lowest BCUT2D eigenvalue weighted by atomic mass is 9.83. The average Bonchev–Trinajstić information content (AvgIpc) is 3.45. The van der Waals surface area contributed by atoms with Crippen molar-refractivity contribution in [2.75, 3.05) is 12.4 Å². The Kier molecular flexibility index (Phi) is 8.35. The molecule has 2 atom stereocenters. The van der Waals surface area contributed by atoms with Crippen LogP contribution in [-0.4, -0.2) is 49.6 Å². The number of rotatable bonds is 9. The van der Waals surface area contributed by atoms with E-state index in [2.05, 4.69) is 25.4 Å². The molecule has 0 bridgehead atoms. The van der Waals surface area contributed by atoms with Crippen molar-refractivity contribution in [3.63, 3.8) is 0 Å². The second-order valence-corrected chi connectivity index (χ2v) is 10.9. The van der Waals surface area contributed by atoms with E-state index in [4.69, 9.17) is 4.62 Å². The first kappa shape index (κ1) is 27.6. The van der Waals surface area contributed by atoms with E-state index in [-0.39, 0.29) is 17.7 Å². The van der Waals surface area contributed by atoms with E-state index in [0.717, 1.165) is 55.2 Å². The molecule has 38 heavy (non-hydrogen) atoms. The predicted octanol–water partition coefficient (Wildman–Crippen LogP) is 3.39. The molecule has 1 aliphatic rings. The normalized spacial score (nSPS) is 16.4. The minimum Gasteiger partial charge on any atom is -0.339 e. The standard InChI is InChI=1S/C25H33N6O6P/c1-16-22(17(2)31(29-16)37-38(34,35)36-4)18-10-12-20(13-11-18)27-25(33)23(19-8-6-5-7-9-19)28-24(32)21-14-15-26-30(21)3/h10-15,19,23H,5-9H2,1-4H3,(H,27,33)(H,28,32)(H,34,35)/t23-/m0/s1. The van der Waals surface area contributed by atoms with Crippen LogP contribution in [0.15, 0.2) is 36.5 Å². The maximum absolute atomic E-state index is 13.4. The third kappa shape index (κ3) is 6.15. The van der Waals surface area contributed by atoms with Crippen LogP contribution in [0.2, 0.25) is 0 Å². The number of nitrogens with one attached hydrogen (secondary N) is 2. The van der Waals surface area contributed by atoms with Crippen molar-refractivity contribution in [3.05, 3.63) is 53.6 Å². The summed E-state index contributed by atoms with van der Waals surface area (Å²) in [7, 11) is -1.52. The highest BCUT2D eigenvalue weighted by molar-refractivity contribution is 7.47. The highest BCUT2D eigenvalue weighted by Gasteiger charge is 2.32. The van der Waals surface area contributed by atoms with Gasteiger partial charge in [-0.05, 0) is 56.4 Å². The number of phosphoric acid groups is 1. The van der Waals surface area contributed by atoms with E-state index >= 15 is 0 Å². The van der Waals surface area contributed by atoms with Crippen molar-refractivity contribution < 1.29 is 28.2 Å². The Morgan fingerprint density at radius 1 is 1.13 bits per heavy atom. The van der Waals surface area contributed by atoms with Gasteiger partial charge in [0.05, 0.1) is 11.4 Å². The molecule has 0 radical (unpaired) electrons. The second kappa shape index (κ2) is 11.5. The Morgan fingerprint density at radius 2 is 1.82 bits per heavy atom. The van der Waals surface area contributed by atoms with Crippen molar-refractivity contribution >= 4 is 25.3 Å². The van der Waals surface area contributed by atoms with Crippen LogP contribution in [0, 0.1) is 19.8 Å². The number of amides is 2. The summed E-state index contributed by atoms with van der Waals surface area (Å²) in [5, 5.41) is 14.1. The predicted molar refractivity (Wildman–Crippen MR) is 140 cm³/mol. The van der Waals surface area contributed by atoms with Gasteiger partial charge in [0.2, 0.25) is 5.91 Å². The fourth-order valence-corrected chi connectivity index (χ4v) is 5.29. The SMILES string of the molecule is COP(=O)(O)On1nc(C)c(-c2ccc(NC(=O)[C@@H](NC(=O)c3ccnn3C)C3CCCCC3)cc2)c1C. The molecule has 4 rings (SSSR count). The molecule has 1 fully saturated rings. The molecule has 2 amide bonds. The second-order valence-electron chi connectivity index (χ2n) is 9.41. The summed E-state index contributed by atoms with van der Waals surface area (Å²) in [6, 6.07) is 8.10. The number of anilines is 1. The quantitative estimate of drug-likeness (QED) is 0.347. The monoisotopic (exact) mass is 544 g/mol. The van der Waals surface area contributed by atoms with Gasteiger partial charge in [-0.15, -0.1) is 5.10 Å². The van der Waals surface area contributed by atoms with Gasteiger partial charge in [0.25, 0.3) is 5.91 Å². The lowest BCUT2D eigenvalue weighted by Gasteiger charge is -2.30. The number of hydrogen-bond donors (Lipinski definition) is 3. The average molecular weight is 545 g/mol. The Morgan fingerprint density at radius 3 is 2.42 bits per heavy atom. The van der Waals surface area contributed by atoms with Crippen LogP contribution in [0.4, 0.5) is 5.69 Å². The summed E-state index contributed by atoms with van der Waals surface area (Å²) in [5.41, 5.74) is 3.58. The van der Waals surface area contributed by atoms with E-state index in [1.807, 2.05) is 12.1 Å². The smallest absolute Gasteiger partial charge is 0.339 e. The van der Waals surface area contributed by atoms with Crippen LogP contribution in [0.1, 0.15) is 54.0 Å². The van der Waals surface area contributed by atoms with Crippen LogP contribution >= 0.6 is 7.82 Å². The van der Waals surface area contributed by atoms with Gasteiger partial charge in [-0.1, -0.05) is 36.2 Å². The van der Waals surface area contributed by atoms with E-state index in [1.165, 1.54) is 4.68 Å². The highest BCUT2D eigenvalue weighted by atomic mass is 31.2. The first-order valence-corrected chi connectivity index (χ1v) is 13.9. The molecule has 1 saturated carbocycles. The van der Waals surface area contributed by atoms with E-state index in [1.54, 1.807) is 45.3 Å². The summed E-state index contributed by atoms with van der Waals surface area (Å²) in [6.45, 7) is 3.47. The molecule has 0 saturated heterocycles. The zero-order chi connectivity index (χ0) is 27.4. The first-order valence-electron chi connectivity index (χ1n) is 12.4. The van der Waals surface area contributed by atoms with Crippen LogP contribution in [0.5, 0.6) is 0 Å². The Bertz CT molecular complexity index is 1340. The topological polar surface area (TPSA) is 150 Å². The zero-order valence-electron chi connectivity index (χ0n) is 21.9. The van der Waals surface area contributed by atoms with Crippen molar-refractivity contribution in [2.24, 2.45) is 13.0 Å². The largest absolute Gasteiger partial charge is 0.547 e. The van der Waals surface area contributed by atoms with Crippen molar-refractivity contribution in [1.82, 2.24) is 25.0 Å². The Balaban J connectivity index is 1.51. The molecule has 3 N–H and O–H groups in total. The summed E-state index contributed by atoms with van der Waals surface area (Å²) >= 11 is 0. The molecular weight excluding hydrogens is 511 g/mol. The van der Waals surface area contributed by atoms with Gasteiger partial charge in [0.1, 0.15) is 11.7 Å². The fourth-order valence-electron chi connectivity index (χ4n) is 4.86. The molecule has 0 spiro atoms. The van der Waals surface area contributed by atoms with E-state index in [9.17, 15) is 19.0 Å². The van der Waals surface area contributed by atoms with Crippen LogP contribution in [-0.2, 0) is 20.9 Å². The van der Waals surface area contributed by atoms with Gasteiger partial charge in [-0.2, -0.15) is 5.10 Å². The highest BCUT2D eigenvalue weighted by Crippen LogP contribution is 2.39. The summed E-state index contributed by atoms with van der Waals surface area (Å²) in [5.74, 6) is -0.560. The molecule has 0 aliphatic heterocycles. The van der Waals surface area contributed by atoms with Gasteiger partial charge >= 0.3 is 7.82 Å².